The summed E-state index contributed by atoms with van der Waals surface area (Å²) in [7, 11) is 0. The van der Waals surface area contributed by atoms with Crippen molar-refractivity contribution in [3.63, 3.8) is 0 Å². The van der Waals surface area contributed by atoms with Crippen LogP contribution < -0.4 is 10.6 Å². The molecule has 1 fully saturated rings. The van der Waals surface area contributed by atoms with Gasteiger partial charge in [0.25, 0.3) is 0 Å². The molecule has 1 aliphatic rings. The van der Waals surface area contributed by atoms with Crippen molar-refractivity contribution in [3.05, 3.63) is 0 Å². The molecule has 1 heterocycles. The fourth-order valence-corrected chi connectivity index (χ4v) is 1.64. The predicted molar refractivity (Wildman–Crippen MR) is 61.3 cm³/mol. The van der Waals surface area contributed by atoms with E-state index in [1.165, 1.54) is 0 Å². The molecule has 5 heteroatoms. The van der Waals surface area contributed by atoms with E-state index in [1.54, 1.807) is 0 Å². The van der Waals surface area contributed by atoms with Gasteiger partial charge in [-0.1, -0.05) is 0 Å². The Morgan fingerprint density at radius 3 is 3.06 bits per heavy atom. The minimum absolute atomic E-state index is 0.0403. The molecule has 0 aromatic heterocycles. The van der Waals surface area contributed by atoms with Crippen LogP contribution in [0.15, 0.2) is 0 Å². The molecule has 1 rings (SSSR count). The third kappa shape index (κ3) is 5.44. The minimum atomic E-state index is 0.0403. The quantitative estimate of drug-likeness (QED) is 0.626. The van der Waals surface area contributed by atoms with E-state index in [1.807, 2.05) is 13.8 Å². The molecule has 94 valence electrons. The van der Waals surface area contributed by atoms with Crippen molar-refractivity contribution in [1.29, 1.82) is 0 Å². The molecule has 0 saturated carbocycles. The van der Waals surface area contributed by atoms with Crippen LogP contribution in [0.4, 0.5) is 0 Å². The fraction of sp³-hybridized carbons (Fsp3) is 0.909. The Morgan fingerprint density at radius 1 is 1.56 bits per heavy atom. The van der Waals surface area contributed by atoms with Gasteiger partial charge in [0.2, 0.25) is 5.91 Å². The fourth-order valence-electron chi connectivity index (χ4n) is 1.64. The van der Waals surface area contributed by atoms with Crippen LogP contribution in [0, 0.1) is 0 Å². The average molecular weight is 230 g/mol. The van der Waals surface area contributed by atoms with Crippen LogP contribution >= 0.6 is 0 Å². The third-order valence-electron chi connectivity index (χ3n) is 2.38. The standard InChI is InChI=1S/C11H22N2O3/c1-3-13-11(14)4-5-15-8-10-7-12-6-9(2)16-10/h9-10,12H,3-8H2,1-2H3,(H,13,14). The van der Waals surface area contributed by atoms with Gasteiger partial charge in [0.05, 0.1) is 25.4 Å². The molecular formula is C11H22N2O3. The number of carbonyl (C=O) groups is 1. The summed E-state index contributed by atoms with van der Waals surface area (Å²) in [6.07, 6.45) is 0.771. The molecule has 1 amide bonds. The number of rotatable bonds is 6. The van der Waals surface area contributed by atoms with E-state index in [4.69, 9.17) is 9.47 Å². The SMILES string of the molecule is CCNC(=O)CCOCC1CNCC(C)O1. The summed E-state index contributed by atoms with van der Waals surface area (Å²) in [5.74, 6) is 0.0403. The van der Waals surface area contributed by atoms with Crippen LogP contribution in [0.3, 0.4) is 0 Å². The molecule has 2 unspecified atom stereocenters. The highest BCUT2D eigenvalue weighted by Crippen LogP contribution is 2.03. The second kappa shape index (κ2) is 7.60. The molecule has 0 spiro atoms. The molecule has 0 aromatic carbocycles. The summed E-state index contributed by atoms with van der Waals surface area (Å²) in [5, 5.41) is 6.00. The zero-order valence-electron chi connectivity index (χ0n) is 10.1. The van der Waals surface area contributed by atoms with Gasteiger partial charge >= 0.3 is 0 Å². The Balaban J connectivity index is 2.00. The highest BCUT2D eigenvalue weighted by Gasteiger charge is 2.18. The zero-order valence-corrected chi connectivity index (χ0v) is 10.1. The molecule has 0 bridgehead atoms. The van der Waals surface area contributed by atoms with Crippen molar-refractivity contribution in [3.8, 4) is 0 Å². The maximum absolute atomic E-state index is 11.1. The van der Waals surface area contributed by atoms with Gasteiger partial charge in [-0.15, -0.1) is 0 Å². The Labute approximate surface area is 96.9 Å². The third-order valence-corrected chi connectivity index (χ3v) is 2.38. The first kappa shape index (κ1) is 13.4. The lowest BCUT2D eigenvalue weighted by atomic mass is 10.2. The number of amides is 1. The molecule has 0 aliphatic carbocycles. The second-order valence-corrected chi connectivity index (χ2v) is 4.01. The predicted octanol–water partition coefficient (Wildman–Crippen LogP) is -0.0939. The van der Waals surface area contributed by atoms with Gasteiger partial charge in [0.15, 0.2) is 0 Å². The highest BCUT2D eigenvalue weighted by molar-refractivity contribution is 5.75. The second-order valence-electron chi connectivity index (χ2n) is 4.01. The van der Waals surface area contributed by atoms with Gasteiger partial charge < -0.3 is 20.1 Å². The van der Waals surface area contributed by atoms with E-state index < -0.39 is 0 Å². The summed E-state index contributed by atoms with van der Waals surface area (Å²) in [4.78, 5) is 11.1. The largest absolute Gasteiger partial charge is 0.378 e. The first-order valence-corrected chi connectivity index (χ1v) is 5.93. The van der Waals surface area contributed by atoms with Crippen LogP contribution in [0.5, 0.6) is 0 Å². The van der Waals surface area contributed by atoms with Gasteiger partial charge in [-0.3, -0.25) is 4.79 Å². The van der Waals surface area contributed by atoms with Gasteiger partial charge in [0, 0.05) is 26.1 Å². The first-order valence-electron chi connectivity index (χ1n) is 5.93. The van der Waals surface area contributed by atoms with Crippen molar-refractivity contribution in [2.45, 2.75) is 32.5 Å². The monoisotopic (exact) mass is 230 g/mol. The lowest BCUT2D eigenvalue weighted by molar-refractivity contribution is -0.123. The van der Waals surface area contributed by atoms with Crippen molar-refractivity contribution in [2.24, 2.45) is 0 Å². The van der Waals surface area contributed by atoms with Crippen molar-refractivity contribution in [2.75, 3.05) is 32.8 Å². The molecule has 0 radical (unpaired) electrons. The number of carbonyl (C=O) groups excluding carboxylic acids is 1. The Kier molecular flexibility index (Phi) is 6.37. The van der Waals surface area contributed by atoms with E-state index in [0.717, 1.165) is 13.1 Å². The number of hydrogen-bond acceptors (Lipinski definition) is 4. The number of ether oxygens (including phenoxy) is 2. The van der Waals surface area contributed by atoms with Gasteiger partial charge in [0.1, 0.15) is 0 Å². The maximum atomic E-state index is 11.1. The number of morpholine rings is 1. The average Bonchev–Trinajstić information content (AvgIpc) is 2.25. The molecule has 2 N–H and O–H groups in total. The summed E-state index contributed by atoms with van der Waals surface area (Å²) in [5.41, 5.74) is 0. The van der Waals surface area contributed by atoms with Crippen molar-refractivity contribution >= 4 is 5.91 Å². The van der Waals surface area contributed by atoms with Crippen LogP contribution in [-0.2, 0) is 14.3 Å². The molecule has 16 heavy (non-hydrogen) atoms. The molecule has 2 atom stereocenters. The minimum Gasteiger partial charge on any atom is -0.378 e. The van der Waals surface area contributed by atoms with E-state index >= 15 is 0 Å². The van der Waals surface area contributed by atoms with E-state index in [0.29, 0.717) is 26.2 Å². The molecule has 5 nitrogen and oxygen atoms in total. The molecular weight excluding hydrogens is 208 g/mol. The van der Waals surface area contributed by atoms with Gasteiger partial charge in [-0.05, 0) is 13.8 Å². The zero-order chi connectivity index (χ0) is 11.8. The van der Waals surface area contributed by atoms with Gasteiger partial charge in [-0.2, -0.15) is 0 Å². The summed E-state index contributed by atoms with van der Waals surface area (Å²) < 4.78 is 11.1. The lowest BCUT2D eigenvalue weighted by Gasteiger charge is -2.28. The van der Waals surface area contributed by atoms with Crippen LogP contribution in [-0.4, -0.2) is 51.0 Å². The van der Waals surface area contributed by atoms with Crippen LogP contribution in [0.25, 0.3) is 0 Å². The topological polar surface area (TPSA) is 59.6 Å². The smallest absolute Gasteiger partial charge is 0.222 e. The molecule has 1 saturated heterocycles. The highest BCUT2D eigenvalue weighted by atomic mass is 16.5. The first-order chi connectivity index (χ1) is 7.72. The van der Waals surface area contributed by atoms with Gasteiger partial charge in [-0.25, -0.2) is 0 Å². The summed E-state index contributed by atoms with van der Waals surface area (Å²) in [6, 6.07) is 0. The summed E-state index contributed by atoms with van der Waals surface area (Å²) >= 11 is 0. The van der Waals surface area contributed by atoms with Crippen LogP contribution in [0.1, 0.15) is 20.3 Å². The summed E-state index contributed by atoms with van der Waals surface area (Å²) in [6.45, 7) is 7.35. The molecule has 1 aliphatic heterocycles. The normalized spacial score (nSPS) is 25.4. The van der Waals surface area contributed by atoms with Crippen molar-refractivity contribution in [1.82, 2.24) is 10.6 Å². The van der Waals surface area contributed by atoms with E-state index in [-0.39, 0.29) is 18.1 Å². The molecule has 0 aromatic rings. The van der Waals surface area contributed by atoms with Crippen LogP contribution in [0.2, 0.25) is 0 Å². The number of nitrogens with one attached hydrogen (secondary N) is 2. The van der Waals surface area contributed by atoms with E-state index in [9.17, 15) is 4.79 Å². The Bertz CT molecular complexity index is 211. The Hall–Kier alpha value is -0.650. The van der Waals surface area contributed by atoms with Crippen molar-refractivity contribution < 1.29 is 14.3 Å². The van der Waals surface area contributed by atoms with E-state index in [2.05, 4.69) is 10.6 Å². The lowest BCUT2D eigenvalue weighted by Crippen LogP contribution is -2.45. The number of hydrogen-bond donors (Lipinski definition) is 2. The maximum Gasteiger partial charge on any atom is 0.222 e. The Morgan fingerprint density at radius 2 is 2.38 bits per heavy atom.